The van der Waals surface area contributed by atoms with Crippen molar-refractivity contribution in [3.05, 3.63) is 93.4 Å². The molecule has 1 amide bonds. The van der Waals surface area contributed by atoms with Crippen molar-refractivity contribution in [3.63, 3.8) is 0 Å². The van der Waals surface area contributed by atoms with E-state index in [1.165, 1.54) is 24.3 Å². The third-order valence-electron chi connectivity index (χ3n) is 4.57. The minimum atomic E-state index is -4.64. The van der Waals surface area contributed by atoms with Crippen LogP contribution < -0.4 is 10.0 Å². The Labute approximate surface area is 202 Å². The van der Waals surface area contributed by atoms with E-state index in [0.717, 1.165) is 12.1 Å². The number of anilines is 1. The Kier molecular flexibility index (Phi) is 7.84. The van der Waals surface area contributed by atoms with Crippen LogP contribution in [0.5, 0.6) is 0 Å². The molecule has 5 nitrogen and oxygen atoms in total. The van der Waals surface area contributed by atoms with E-state index in [1.54, 1.807) is 30.3 Å². The molecule has 33 heavy (non-hydrogen) atoms. The van der Waals surface area contributed by atoms with Gasteiger partial charge in [0.25, 0.3) is 0 Å². The molecule has 0 saturated heterocycles. The second-order valence-electron chi connectivity index (χ2n) is 7.00. The summed E-state index contributed by atoms with van der Waals surface area (Å²) in [5.74, 6) is -0.860. The SMILES string of the molecule is O=C(Nc1cc(C(F)(F)F)ccc1Cl)[C@H](Cc1ccccc1)NS(=O)(=O)c1ccc(Br)cc1. The maximum Gasteiger partial charge on any atom is 0.416 e. The minimum absolute atomic E-state index is 0.0426. The smallest absolute Gasteiger partial charge is 0.323 e. The van der Waals surface area contributed by atoms with Crippen LogP contribution in [0, 0.1) is 0 Å². The van der Waals surface area contributed by atoms with Gasteiger partial charge in [-0.1, -0.05) is 57.9 Å². The van der Waals surface area contributed by atoms with Gasteiger partial charge in [0.2, 0.25) is 15.9 Å². The zero-order chi connectivity index (χ0) is 24.2. The van der Waals surface area contributed by atoms with Gasteiger partial charge in [-0.15, -0.1) is 0 Å². The zero-order valence-corrected chi connectivity index (χ0v) is 19.9. The van der Waals surface area contributed by atoms with Crippen LogP contribution in [0.3, 0.4) is 0 Å². The number of amides is 1. The number of sulfonamides is 1. The average molecular weight is 562 g/mol. The highest BCUT2D eigenvalue weighted by atomic mass is 79.9. The second-order valence-corrected chi connectivity index (χ2v) is 10.0. The molecule has 2 N–H and O–H groups in total. The van der Waals surface area contributed by atoms with Gasteiger partial charge in [0.1, 0.15) is 6.04 Å². The topological polar surface area (TPSA) is 75.3 Å². The Bertz CT molecular complexity index is 1240. The number of halogens is 5. The Morgan fingerprint density at radius 2 is 1.64 bits per heavy atom. The van der Waals surface area contributed by atoms with Crippen molar-refractivity contribution in [2.75, 3.05) is 5.32 Å². The van der Waals surface area contributed by atoms with Crippen LogP contribution in [0.1, 0.15) is 11.1 Å². The summed E-state index contributed by atoms with van der Waals surface area (Å²) in [5.41, 5.74) is -0.638. The maximum atomic E-state index is 13.1. The molecule has 3 aromatic carbocycles. The van der Waals surface area contributed by atoms with Gasteiger partial charge in [-0.25, -0.2) is 8.42 Å². The summed E-state index contributed by atoms with van der Waals surface area (Å²) in [6.45, 7) is 0. The molecule has 174 valence electrons. The molecule has 0 aliphatic carbocycles. The second kappa shape index (κ2) is 10.3. The quantitative estimate of drug-likeness (QED) is 0.392. The van der Waals surface area contributed by atoms with Crippen LogP contribution in [-0.2, 0) is 27.4 Å². The lowest BCUT2D eigenvalue weighted by atomic mass is 10.1. The molecule has 0 aliphatic heterocycles. The molecule has 11 heteroatoms. The lowest BCUT2D eigenvalue weighted by Crippen LogP contribution is -2.45. The molecule has 0 aromatic heterocycles. The van der Waals surface area contributed by atoms with Gasteiger partial charge in [0.15, 0.2) is 0 Å². The number of hydrogen-bond donors (Lipinski definition) is 2. The molecule has 0 aliphatic rings. The standard InChI is InChI=1S/C22H17BrClF3N2O3S/c23-16-7-9-17(10-8-16)33(31,32)29-20(12-14-4-2-1-3-5-14)21(30)28-19-13-15(22(25,26)27)6-11-18(19)24/h1-11,13,20,29H,12H2,(H,28,30)/t20-/m0/s1. The van der Waals surface area contributed by atoms with Crippen molar-refractivity contribution >= 4 is 49.1 Å². The van der Waals surface area contributed by atoms with Crippen LogP contribution in [0.2, 0.25) is 5.02 Å². The molecule has 0 bridgehead atoms. The van der Waals surface area contributed by atoms with Gasteiger partial charge in [-0.2, -0.15) is 17.9 Å². The van der Waals surface area contributed by atoms with Crippen LogP contribution in [0.4, 0.5) is 18.9 Å². The van der Waals surface area contributed by atoms with Crippen molar-refractivity contribution < 1.29 is 26.4 Å². The Morgan fingerprint density at radius 1 is 1.00 bits per heavy atom. The van der Waals surface area contributed by atoms with Gasteiger partial charge in [0, 0.05) is 4.47 Å². The molecule has 0 spiro atoms. The molecule has 0 unspecified atom stereocenters. The summed E-state index contributed by atoms with van der Waals surface area (Å²) in [4.78, 5) is 12.9. The highest BCUT2D eigenvalue weighted by molar-refractivity contribution is 9.10. The van der Waals surface area contributed by atoms with E-state index in [4.69, 9.17) is 11.6 Å². The number of nitrogens with one attached hydrogen (secondary N) is 2. The molecule has 1 atom stereocenters. The highest BCUT2D eigenvalue weighted by Gasteiger charge is 2.32. The molecule has 0 heterocycles. The van der Waals surface area contributed by atoms with E-state index in [1.807, 2.05) is 0 Å². The van der Waals surface area contributed by atoms with Crippen molar-refractivity contribution in [1.82, 2.24) is 4.72 Å². The van der Waals surface area contributed by atoms with Crippen LogP contribution in [0.25, 0.3) is 0 Å². The molecule has 3 aromatic rings. The summed E-state index contributed by atoms with van der Waals surface area (Å²) in [6.07, 6.45) is -4.68. The Hall–Kier alpha value is -2.40. The van der Waals surface area contributed by atoms with E-state index in [-0.39, 0.29) is 22.0 Å². The Morgan fingerprint density at radius 3 is 2.24 bits per heavy atom. The van der Waals surface area contributed by atoms with E-state index >= 15 is 0 Å². The first-order chi connectivity index (χ1) is 15.5. The molecule has 0 fully saturated rings. The fourth-order valence-corrected chi connectivity index (χ4v) is 4.55. The van der Waals surface area contributed by atoms with E-state index in [0.29, 0.717) is 16.1 Å². The maximum absolute atomic E-state index is 13.1. The lowest BCUT2D eigenvalue weighted by Gasteiger charge is -2.20. The fourth-order valence-electron chi connectivity index (χ4n) is 2.92. The first kappa shape index (κ1) is 25.2. The monoisotopic (exact) mass is 560 g/mol. The normalized spacial score (nSPS) is 12.9. The third-order valence-corrected chi connectivity index (χ3v) is 6.92. The minimum Gasteiger partial charge on any atom is -0.323 e. The largest absolute Gasteiger partial charge is 0.416 e. The number of rotatable bonds is 7. The number of carbonyl (C=O) groups is 1. The number of carbonyl (C=O) groups excluding carboxylic acids is 1. The molecule has 0 radical (unpaired) electrons. The van der Waals surface area contributed by atoms with Crippen LogP contribution >= 0.6 is 27.5 Å². The lowest BCUT2D eigenvalue weighted by molar-refractivity contribution is -0.137. The van der Waals surface area contributed by atoms with Crippen LogP contribution in [0.15, 0.2) is 82.2 Å². The summed E-state index contributed by atoms with van der Waals surface area (Å²) >= 11 is 9.20. The van der Waals surface area contributed by atoms with Crippen molar-refractivity contribution in [2.45, 2.75) is 23.5 Å². The predicted octanol–water partition coefficient (Wildman–Crippen LogP) is 5.65. The first-order valence-electron chi connectivity index (χ1n) is 9.45. The van der Waals surface area contributed by atoms with Crippen molar-refractivity contribution in [2.24, 2.45) is 0 Å². The van der Waals surface area contributed by atoms with Gasteiger partial charge in [-0.3, -0.25) is 4.79 Å². The molecular formula is C22H17BrClF3N2O3S. The zero-order valence-electron chi connectivity index (χ0n) is 16.7. The van der Waals surface area contributed by atoms with Gasteiger partial charge < -0.3 is 5.32 Å². The molecule has 0 saturated carbocycles. The summed E-state index contributed by atoms with van der Waals surface area (Å²) in [6, 6.07) is 15.5. The van der Waals surface area contributed by atoms with Crippen molar-refractivity contribution in [3.8, 4) is 0 Å². The average Bonchev–Trinajstić information content (AvgIpc) is 2.75. The number of hydrogen-bond acceptors (Lipinski definition) is 3. The van der Waals surface area contributed by atoms with Gasteiger partial charge in [-0.05, 0) is 54.4 Å². The Balaban J connectivity index is 1.91. The van der Waals surface area contributed by atoms with E-state index in [9.17, 15) is 26.4 Å². The number of benzene rings is 3. The summed E-state index contributed by atoms with van der Waals surface area (Å²) in [5, 5.41) is 2.20. The van der Waals surface area contributed by atoms with Gasteiger partial charge in [0.05, 0.1) is 21.2 Å². The van der Waals surface area contributed by atoms with Crippen molar-refractivity contribution in [1.29, 1.82) is 0 Å². The molecule has 3 rings (SSSR count). The molecular weight excluding hydrogens is 545 g/mol. The highest BCUT2D eigenvalue weighted by Crippen LogP contribution is 2.34. The third kappa shape index (κ3) is 6.80. The number of alkyl halides is 3. The predicted molar refractivity (Wildman–Crippen MR) is 123 cm³/mol. The van der Waals surface area contributed by atoms with E-state index < -0.39 is 33.7 Å². The summed E-state index contributed by atoms with van der Waals surface area (Å²) < 4.78 is 68.0. The first-order valence-corrected chi connectivity index (χ1v) is 12.1. The summed E-state index contributed by atoms with van der Waals surface area (Å²) in [7, 11) is -4.12. The van der Waals surface area contributed by atoms with Crippen LogP contribution in [-0.4, -0.2) is 20.4 Å². The van der Waals surface area contributed by atoms with E-state index in [2.05, 4.69) is 26.0 Å². The fraction of sp³-hybridized carbons (Fsp3) is 0.136. The van der Waals surface area contributed by atoms with Gasteiger partial charge >= 0.3 is 6.18 Å².